The largest absolute Gasteiger partial charge is 0.331 e. The molecule has 0 aliphatic heterocycles. The van der Waals surface area contributed by atoms with Crippen molar-refractivity contribution in [3.05, 3.63) is 18.2 Å². The quantitative estimate of drug-likeness (QED) is 0.747. The zero-order chi connectivity index (χ0) is 13.5. The third kappa shape index (κ3) is 3.82. The van der Waals surface area contributed by atoms with E-state index in [1.807, 2.05) is 12.5 Å². The molecule has 1 unspecified atom stereocenters. The van der Waals surface area contributed by atoms with Gasteiger partial charge in [0.2, 0.25) is 0 Å². The van der Waals surface area contributed by atoms with Crippen LogP contribution in [0.5, 0.6) is 0 Å². The van der Waals surface area contributed by atoms with Gasteiger partial charge in [-0.25, -0.2) is 4.98 Å². The van der Waals surface area contributed by atoms with Crippen molar-refractivity contribution < 1.29 is 0 Å². The van der Waals surface area contributed by atoms with Gasteiger partial charge in [-0.15, -0.1) is 0 Å². The number of aromatic nitrogens is 2. The molecule has 0 spiro atoms. The summed E-state index contributed by atoms with van der Waals surface area (Å²) in [4.78, 5) is 4.25. The van der Waals surface area contributed by atoms with Crippen LogP contribution in [-0.4, -0.2) is 22.6 Å². The molecule has 0 fully saturated rings. The Morgan fingerprint density at radius 3 is 2.50 bits per heavy atom. The van der Waals surface area contributed by atoms with Crippen LogP contribution in [0.15, 0.2) is 12.5 Å². The van der Waals surface area contributed by atoms with E-state index in [0.29, 0.717) is 12.6 Å². The molecule has 0 amide bonds. The molecular weight excluding hydrogens is 224 g/mol. The Morgan fingerprint density at radius 2 is 2.00 bits per heavy atom. The van der Waals surface area contributed by atoms with E-state index in [9.17, 15) is 0 Å². The van der Waals surface area contributed by atoms with Crippen molar-refractivity contribution in [2.75, 3.05) is 13.1 Å². The molecule has 0 bridgehead atoms. The Balaban J connectivity index is 2.68. The second-order valence-electron chi connectivity index (χ2n) is 5.20. The minimum absolute atomic E-state index is 0.204. The van der Waals surface area contributed by atoms with Crippen molar-refractivity contribution >= 4 is 0 Å². The fourth-order valence-electron chi connectivity index (χ4n) is 2.21. The van der Waals surface area contributed by atoms with Gasteiger partial charge in [-0.1, -0.05) is 26.7 Å². The lowest BCUT2D eigenvalue weighted by atomic mass is 10.0. The number of imidazole rings is 1. The second kappa shape index (κ2) is 7.54. The van der Waals surface area contributed by atoms with Crippen molar-refractivity contribution in [2.45, 2.75) is 52.6 Å². The molecule has 1 aromatic heterocycles. The van der Waals surface area contributed by atoms with Crippen LogP contribution in [0, 0.1) is 5.92 Å². The van der Waals surface area contributed by atoms with Crippen molar-refractivity contribution in [2.24, 2.45) is 11.7 Å². The molecule has 0 aliphatic rings. The highest BCUT2D eigenvalue weighted by Crippen LogP contribution is 2.17. The Labute approximate surface area is 111 Å². The van der Waals surface area contributed by atoms with E-state index in [0.717, 1.165) is 12.5 Å². The SMILES string of the molecule is CCC(CC)CNC(CN)c1cncn1C(C)C. The summed E-state index contributed by atoms with van der Waals surface area (Å²) in [6, 6.07) is 0.627. The number of nitrogens with zero attached hydrogens (tertiary/aromatic N) is 2. The van der Waals surface area contributed by atoms with Crippen LogP contribution in [-0.2, 0) is 0 Å². The molecular formula is C14H28N4. The average Bonchev–Trinajstić information content (AvgIpc) is 2.84. The highest BCUT2D eigenvalue weighted by atomic mass is 15.1. The Bertz CT molecular complexity index is 328. The van der Waals surface area contributed by atoms with Gasteiger partial charge in [0, 0.05) is 18.8 Å². The van der Waals surface area contributed by atoms with Crippen LogP contribution >= 0.6 is 0 Å². The highest BCUT2D eigenvalue weighted by Gasteiger charge is 2.16. The van der Waals surface area contributed by atoms with Gasteiger partial charge in [0.05, 0.1) is 18.1 Å². The van der Waals surface area contributed by atoms with Gasteiger partial charge in [0.15, 0.2) is 0 Å². The molecule has 18 heavy (non-hydrogen) atoms. The molecule has 0 saturated heterocycles. The fourth-order valence-corrected chi connectivity index (χ4v) is 2.21. The predicted molar refractivity (Wildman–Crippen MR) is 76.5 cm³/mol. The minimum atomic E-state index is 0.204. The van der Waals surface area contributed by atoms with Crippen LogP contribution in [0.25, 0.3) is 0 Å². The zero-order valence-electron chi connectivity index (χ0n) is 12.2. The number of hydrogen-bond acceptors (Lipinski definition) is 3. The molecule has 0 aliphatic carbocycles. The molecule has 1 rings (SSSR count). The van der Waals surface area contributed by atoms with Crippen molar-refractivity contribution in [3.8, 4) is 0 Å². The molecule has 1 heterocycles. The normalized spacial score (nSPS) is 13.5. The van der Waals surface area contributed by atoms with Gasteiger partial charge < -0.3 is 15.6 Å². The topological polar surface area (TPSA) is 55.9 Å². The first-order valence-electron chi connectivity index (χ1n) is 7.09. The molecule has 0 saturated carbocycles. The van der Waals surface area contributed by atoms with E-state index in [4.69, 9.17) is 5.73 Å². The summed E-state index contributed by atoms with van der Waals surface area (Å²) in [6.45, 7) is 10.5. The van der Waals surface area contributed by atoms with Gasteiger partial charge in [0.1, 0.15) is 0 Å². The van der Waals surface area contributed by atoms with Gasteiger partial charge in [0.25, 0.3) is 0 Å². The minimum Gasteiger partial charge on any atom is -0.331 e. The van der Waals surface area contributed by atoms with Crippen LogP contribution < -0.4 is 11.1 Å². The summed E-state index contributed by atoms with van der Waals surface area (Å²) in [5.74, 6) is 0.731. The molecule has 104 valence electrons. The Hall–Kier alpha value is -0.870. The summed E-state index contributed by atoms with van der Waals surface area (Å²) >= 11 is 0. The fraction of sp³-hybridized carbons (Fsp3) is 0.786. The lowest BCUT2D eigenvalue weighted by molar-refractivity contribution is 0.399. The first kappa shape index (κ1) is 15.2. The highest BCUT2D eigenvalue weighted by molar-refractivity contribution is 5.07. The standard InChI is InChI=1S/C14H28N4/c1-5-12(6-2)8-17-13(7-15)14-9-16-10-18(14)11(3)4/h9-13,17H,5-8,15H2,1-4H3. The van der Waals surface area contributed by atoms with Crippen molar-refractivity contribution in [1.29, 1.82) is 0 Å². The summed E-state index contributed by atoms with van der Waals surface area (Å²) in [6.07, 6.45) is 6.24. The molecule has 4 heteroatoms. The number of hydrogen-bond donors (Lipinski definition) is 2. The zero-order valence-corrected chi connectivity index (χ0v) is 12.2. The molecule has 4 nitrogen and oxygen atoms in total. The van der Waals surface area contributed by atoms with Crippen LogP contribution in [0.1, 0.15) is 58.3 Å². The van der Waals surface area contributed by atoms with Gasteiger partial charge in [-0.3, -0.25) is 0 Å². The van der Waals surface area contributed by atoms with E-state index < -0.39 is 0 Å². The van der Waals surface area contributed by atoms with Gasteiger partial charge in [-0.2, -0.15) is 0 Å². The molecule has 0 radical (unpaired) electrons. The van der Waals surface area contributed by atoms with E-state index >= 15 is 0 Å². The first-order chi connectivity index (χ1) is 8.63. The number of nitrogens with two attached hydrogens (primary N) is 1. The van der Waals surface area contributed by atoms with Crippen LogP contribution in [0.4, 0.5) is 0 Å². The second-order valence-corrected chi connectivity index (χ2v) is 5.20. The monoisotopic (exact) mass is 252 g/mol. The number of nitrogens with one attached hydrogen (secondary N) is 1. The first-order valence-corrected chi connectivity index (χ1v) is 7.09. The maximum Gasteiger partial charge on any atom is 0.0951 e. The van der Waals surface area contributed by atoms with E-state index in [1.54, 1.807) is 0 Å². The number of rotatable bonds is 8. The third-order valence-electron chi connectivity index (χ3n) is 3.65. The molecule has 1 aromatic rings. The smallest absolute Gasteiger partial charge is 0.0951 e. The lowest BCUT2D eigenvalue weighted by Gasteiger charge is -2.23. The molecule has 3 N–H and O–H groups in total. The summed E-state index contributed by atoms with van der Waals surface area (Å²) < 4.78 is 2.19. The van der Waals surface area contributed by atoms with Crippen molar-refractivity contribution in [3.63, 3.8) is 0 Å². The average molecular weight is 252 g/mol. The molecule has 1 atom stereocenters. The van der Waals surface area contributed by atoms with E-state index in [1.165, 1.54) is 18.5 Å². The summed E-state index contributed by atoms with van der Waals surface area (Å²) in [5.41, 5.74) is 7.09. The maximum atomic E-state index is 5.90. The Kier molecular flexibility index (Phi) is 6.36. The maximum absolute atomic E-state index is 5.90. The van der Waals surface area contributed by atoms with E-state index in [-0.39, 0.29) is 6.04 Å². The third-order valence-corrected chi connectivity index (χ3v) is 3.65. The summed E-state index contributed by atoms with van der Waals surface area (Å²) in [7, 11) is 0. The van der Waals surface area contributed by atoms with Crippen LogP contribution in [0.3, 0.4) is 0 Å². The predicted octanol–water partition coefficient (Wildman–Crippen LogP) is 2.49. The lowest BCUT2D eigenvalue weighted by Crippen LogP contribution is -2.33. The van der Waals surface area contributed by atoms with Crippen molar-refractivity contribution in [1.82, 2.24) is 14.9 Å². The van der Waals surface area contributed by atoms with Crippen LogP contribution in [0.2, 0.25) is 0 Å². The van der Waals surface area contributed by atoms with E-state index in [2.05, 4.69) is 42.6 Å². The summed E-state index contributed by atoms with van der Waals surface area (Å²) in [5, 5.41) is 3.58. The van der Waals surface area contributed by atoms with Gasteiger partial charge >= 0.3 is 0 Å². The van der Waals surface area contributed by atoms with Gasteiger partial charge in [-0.05, 0) is 26.3 Å². The molecule has 0 aromatic carbocycles. The Morgan fingerprint density at radius 1 is 1.33 bits per heavy atom.